The fraction of sp³-hybridized carbons (Fsp3) is 0.600. The highest BCUT2D eigenvalue weighted by molar-refractivity contribution is 7.91. The summed E-state index contributed by atoms with van der Waals surface area (Å²) < 4.78 is 28.7. The molecule has 0 N–H and O–H groups in total. The first-order valence-electron chi connectivity index (χ1n) is 9.24. The molecule has 1 atom stereocenters. The predicted octanol–water partition coefficient (Wildman–Crippen LogP) is 2.42. The van der Waals surface area contributed by atoms with E-state index in [1.54, 1.807) is 6.92 Å². The van der Waals surface area contributed by atoms with Crippen LogP contribution in [-0.2, 0) is 19.4 Å². The summed E-state index contributed by atoms with van der Waals surface area (Å²) in [5, 5.41) is 0. The SMILES string of the molecule is CCN(C(=O)COC(=O)c1c(C)c(C)c(C)c(C)c1C)[C@@H]1CCS(=O)(=O)C1. The van der Waals surface area contributed by atoms with Crippen molar-refractivity contribution in [2.24, 2.45) is 0 Å². The van der Waals surface area contributed by atoms with Crippen molar-refractivity contribution in [3.63, 3.8) is 0 Å². The summed E-state index contributed by atoms with van der Waals surface area (Å²) in [6, 6.07) is -0.335. The molecule has 1 aromatic rings. The molecule has 0 aliphatic carbocycles. The Bertz CT molecular complexity index is 844. The first-order valence-corrected chi connectivity index (χ1v) is 11.1. The summed E-state index contributed by atoms with van der Waals surface area (Å²) >= 11 is 0. The van der Waals surface area contributed by atoms with Crippen LogP contribution in [-0.4, -0.2) is 55.9 Å². The number of carbonyl (C=O) groups excluding carboxylic acids is 2. The van der Waals surface area contributed by atoms with E-state index in [-0.39, 0.29) is 30.1 Å². The lowest BCUT2D eigenvalue weighted by Crippen LogP contribution is -2.43. The number of ether oxygens (including phenoxy) is 1. The zero-order valence-corrected chi connectivity index (χ0v) is 17.8. The highest BCUT2D eigenvalue weighted by Gasteiger charge is 2.34. The molecular weight excluding hydrogens is 366 g/mol. The van der Waals surface area contributed by atoms with Crippen LogP contribution in [0.3, 0.4) is 0 Å². The second-order valence-electron chi connectivity index (χ2n) is 7.31. The van der Waals surface area contributed by atoms with Crippen LogP contribution < -0.4 is 0 Å². The largest absolute Gasteiger partial charge is 0.452 e. The second kappa shape index (κ2) is 8.00. The monoisotopic (exact) mass is 395 g/mol. The molecule has 1 aliphatic rings. The third kappa shape index (κ3) is 4.34. The molecule has 0 radical (unpaired) electrons. The van der Waals surface area contributed by atoms with Crippen LogP contribution in [0, 0.1) is 34.6 Å². The molecule has 0 unspecified atom stereocenters. The number of amides is 1. The molecule has 0 spiro atoms. The zero-order chi connectivity index (χ0) is 20.5. The maximum Gasteiger partial charge on any atom is 0.339 e. The lowest BCUT2D eigenvalue weighted by Gasteiger charge is -2.26. The molecule has 1 heterocycles. The number of carbonyl (C=O) groups is 2. The van der Waals surface area contributed by atoms with E-state index in [2.05, 4.69) is 0 Å². The molecule has 1 aliphatic heterocycles. The fourth-order valence-corrected chi connectivity index (χ4v) is 5.48. The van der Waals surface area contributed by atoms with Gasteiger partial charge in [0.15, 0.2) is 16.4 Å². The maximum absolute atomic E-state index is 12.7. The topological polar surface area (TPSA) is 80.8 Å². The molecule has 7 heteroatoms. The molecule has 1 fully saturated rings. The van der Waals surface area contributed by atoms with Crippen LogP contribution in [0.2, 0.25) is 0 Å². The van der Waals surface area contributed by atoms with Gasteiger partial charge in [-0.1, -0.05) is 0 Å². The predicted molar refractivity (Wildman–Crippen MR) is 105 cm³/mol. The Balaban J connectivity index is 2.12. The number of rotatable bonds is 5. The summed E-state index contributed by atoms with van der Waals surface area (Å²) in [5.74, 6) is -0.792. The summed E-state index contributed by atoms with van der Waals surface area (Å²) in [7, 11) is -3.08. The number of benzene rings is 1. The number of esters is 1. The molecule has 0 saturated carbocycles. The van der Waals surface area contributed by atoms with Crippen LogP contribution in [0.25, 0.3) is 0 Å². The van der Waals surface area contributed by atoms with Crippen molar-refractivity contribution >= 4 is 21.7 Å². The van der Waals surface area contributed by atoms with Crippen LogP contribution in [0.15, 0.2) is 0 Å². The van der Waals surface area contributed by atoms with Gasteiger partial charge >= 0.3 is 5.97 Å². The van der Waals surface area contributed by atoms with Crippen molar-refractivity contribution in [3.8, 4) is 0 Å². The first kappa shape index (κ1) is 21.4. The van der Waals surface area contributed by atoms with Gasteiger partial charge in [-0.2, -0.15) is 0 Å². The van der Waals surface area contributed by atoms with Gasteiger partial charge in [-0.25, -0.2) is 13.2 Å². The lowest BCUT2D eigenvalue weighted by atomic mass is 9.90. The Morgan fingerprint density at radius 2 is 1.52 bits per heavy atom. The van der Waals surface area contributed by atoms with Crippen molar-refractivity contribution in [2.45, 2.75) is 54.0 Å². The maximum atomic E-state index is 12.7. The molecule has 6 nitrogen and oxygen atoms in total. The van der Waals surface area contributed by atoms with Crippen LogP contribution in [0.4, 0.5) is 0 Å². The average Bonchev–Trinajstić information content (AvgIpc) is 2.96. The Hall–Kier alpha value is -1.89. The van der Waals surface area contributed by atoms with E-state index in [1.807, 2.05) is 34.6 Å². The van der Waals surface area contributed by atoms with Crippen molar-refractivity contribution in [1.29, 1.82) is 0 Å². The summed E-state index contributed by atoms with van der Waals surface area (Å²) in [6.45, 7) is 11.5. The van der Waals surface area contributed by atoms with Crippen molar-refractivity contribution in [3.05, 3.63) is 33.4 Å². The molecule has 27 heavy (non-hydrogen) atoms. The van der Waals surface area contributed by atoms with E-state index in [4.69, 9.17) is 4.74 Å². The molecule has 1 saturated heterocycles. The van der Waals surface area contributed by atoms with E-state index in [0.717, 1.165) is 27.8 Å². The van der Waals surface area contributed by atoms with Gasteiger partial charge in [0.05, 0.1) is 17.1 Å². The van der Waals surface area contributed by atoms with Gasteiger partial charge in [-0.3, -0.25) is 4.79 Å². The third-order valence-electron chi connectivity index (χ3n) is 5.84. The highest BCUT2D eigenvalue weighted by atomic mass is 32.2. The van der Waals surface area contributed by atoms with Gasteiger partial charge < -0.3 is 9.64 Å². The van der Waals surface area contributed by atoms with Gasteiger partial charge in [0.25, 0.3) is 5.91 Å². The summed E-state index contributed by atoms with van der Waals surface area (Å²) in [6.07, 6.45) is 0.435. The van der Waals surface area contributed by atoms with E-state index in [0.29, 0.717) is 18.5 Å². The standard InChI is InChI=1S/C20H29NO5S/c1-7-21(17-8-9-27(24,25)11-17)18(22)10-26-20(23)19-15(5)13(3)12(2)14(4)16(19)6/h17H,7-11H2,1-6H3/t17-/m1/s1. The molecule has 150 valence electrons. The molecule has 1 aromatic carbocycles. The zero-order valence-electron chi connectivity index (χ0n) is 17.0. The number of hydrogen-bond acceptors (Lipinski definition) is 5. The smallest absolute Gasteiger partial charge is 0.339 e. The minimum atomic E-state index is -3.08. The number of sulfone groups is 1. The van der Waals surface area contributed by atoms with E-state index in [1.165, 1.54) is 4.90 Å². The molecule has 2 rings (SSSR count). The van der Waals surface area contributed by atoms with E-state index >= 15 is 0 Å². The van der Waals surface area contributed by atoms with Gasteiger partial charge in [0, 0.05) is 12.6 Å². The molecule has 0 aromatic heterocycles. The minimum Gasteiger partial charge on any atom is -0.452 e. The molecular formula is C20H29NO5S. The van der Waals surface area contributed by atoms with Gasteiger partial charge in [-0.05, 0) is 75.8 Å². The van der Waals surface area contributed by atoms with Crippen molar-refractivity contribution in [1.82, 2.24) is 4.90 Å². The van der Waals surface area contributed by atoms with Crippen molar-refractivity contribution < 1.29 is 22.7 Å². The number of hydrogen-bond donors (Lipinski definition) is 0. The average molecular weight is 396 g/mol. The number of likely N-dealkylation sites (N-methyl/N-ethyl adjacent to an activating group) is 1. The summed E-state index contributed by atoms with van der Waals surface area (Å²) in [4.78, 5) is 26.7. The van der Waals surface area contributed by atoms with Crippen LogP contribution >= 0.6 is 0 Å². The Morgan fingerprint density at radius 1 is 1.00 bits per heavy atom. The Kier molecular flexibility index (Phi) is 6.35. The molecule has 0 bridgehead atoms. The van der Waals surface area contributed by atoms with Crippen LogP contribution in [0.1, 0.15) is 51.5 Å². The minimum absolute atomic E-state index is 0.0188. The van der Waals surface area contributed by atoms with E-state index < -0.39 is 15.8 Å². The van der Waals surface area contributed by atoms with Crippen molar-refractivity contribution in [2.75, 3.05) is 24.7 Å². The molecule has 1 amide bonds. The highest BCUT2D eigenvalue weighted by Crippen LogP contribution is 2.26. The van der Waals surface area contributed by atoms with E-state index in [9.17, 15) is 18.0 Å². The van der Waals surface area contributed by atoms with Gasteiger partial charge in [0.2, 0.25) is 0 Å². The Labute approximate surface area is 161 Å². The quantitative estimate of drug-likeness (QED) is 0.715. The Morgan fingerprint density at radius 3 is 1.96 bits per heavy atom. The normalized spacial score (nSPS) is 18.4. The lowest BCUT2D eigenvalue weighted by molar-refractivity contribution is -0.136. The van der Waals surface area contributed by atoms with Crippen LogP contribution in [0.5, 0.6) is 0 Å². The third-order valence-corrected chi connectivity index (χ3v) is 7.59. The fourth-order valence-electron chi connectivity index (χ4n) is 3.75. The van der Waals surface area contributed by atoms with Gasteiger partial charge in [-0.15, -0.1) is 0 Å². The summed E-state index contributed by atoms with van der Waals surface area (Å²) in [5.41, 5.74) is 5.47. The first-order chi connectivity index (χ1) is 12.5. The number of nitrogens with zero attached hydrogens (tertiary/aromatic N) is 1. The van der Waals surface area contributed by atoms with Gasteiger partial charge in [0.1, 0.15) is 0 Å². The second-order valence-corrected chi connectivity index (χ2v) is 9.54.